The highest BCUT2D eigenvalue weighted by Gasteiger charge is 2.25. The molecule has 1 unspecified atom stereocenters. The van der Waals surface area contributed by atoms with E-state index in [1.807, 2.05) is 51.1 Å². The minimum atomic E-state index is -3.52. The summed E-state index contributed by atoms with van der Waals surface area (Å²) in [5.41, 5.74) is 1.24. The van der Waals surface area contributed by atoms with Gasteiger partial charge in [0.15, 0.2) is 9.84 Å². The number of amides is 1. The molecule has 0 spiro atoms. The number of piperidine rings is 1. The Balaban J connectivity index is 1.53. The van der Waals surface area contributed by atoms with Crippen molar-refractivity contribution in [2.24, 2.45) is 0 Å². The van der Waals surface area contributed by atoms with Gasteiger partial charge < -0.3 is 20.3 Å². The Labute approximate surface area is 219 Å². The quantitative estimate of drug-likeness (QED) is 0.435. The number of nitrogens with zero attached hydrogens (tertiary/aromatic N) is 3. The molecule has 1 saturated heterocycles. The number of carbonyl (C=O) groups is 1. The van der Waals surface area contributed by atoms with Gasteiger partial charge in [0.05, 0.1) is 23.1 Å². The van der Waals surface area contributed by atoms with Crippen LogP contribution in [0.25, 0.3) is 10.9 Å². The smallest absolute Gasteiger partial charge is 0.407 e. The maximum Gasteiger partial charge on any atom is 0.407 e. The van der Waals surface area contributed by atoms with Crippen LogP contribution in [0.5, 0.6) is 0 Å². The molecule has 2 aromatic heterocycles. The van der Waals surface area contributed by atoms with Gasteiger partial charge in [-0.2, -0.15) is 0 Å². The lowest BCUT2D eigenvalue weighted by molar-refractivity contribution is 0.0500. The molecule has 9 nitrogen and oxygen atoms in total. The average molecular weight is 577 g/mol. The van der Waals surface area contributed by atoms with E-state index in [1.54, 1.807) is 6.20 Å². The van der Waals surface area contributed by atoms with Crippen LogP contribution in [0.3, 0.4) is 0 Å². The van der Waals surface area contributed by atoms with Gasteiger partial charge in [0.25, 0.3) is 0 Å². The largest absolute Gasteiger partial charge is 0.444 e. The van der Waals surface area contributed by atoms with E-state index < -0.39 is 21.5 Å². The number of nitrogens with one attached hydrogen (secondary N) is 2. The van der Waals surface area contributed by atoms with Crippen molar-refractivity contribution >= 4 is 60.0 Å². The summed E-state index contributed by atoms with van der Waals surface area (Å²) in [5.74, 6) is 0.780. The van der Waals surface area contributed by atoms with Gasteiger partial charge in [0, 0.05) is 41.4 Å². The Morgan fingerprint density at radius 2 is 1.94 bits per heavy atom. The number of carbonyl (C=O) groups excluding carboxylic acids is 1. The lowest BCUT2D eigenvalue weighted by atomic mass is 10.1. The van der Waals surface area contributed by atoms with Gasteiger partial charge in [-0.3, -0.25) is 4.98 Å². The number of fused-ring (bicyclic) bond motifs is 1. The number of benzene rings is 1. The number of pyridine rings is 2. The summed E-state index contributed by atoms with van der Waals surface area (Å²) in [6, 6.07) is 9.25. The number of hydrogen-bond donors (Lipinski definition) is 2. The SMILES string of the molecule is CC(C)(C)OC(=O)NC1CCCN(c2ccc(Nc3c(S(C)(=O)=O)cnc4ccc(Br)cc34)cn2)C1. The highest BCUT2D eigenvalue weighted by molar-refractivity contribution is 9.10. The number of halogens is 1. The molecule has 1 amide bonds. The summed E-state index contributed by atoms with van der Waals surface area (Å²) in [6.45, 7) is 6.97. The fourth-order valence-corrected chi connectivity index (χ4v) is 5.26. The molecule has 3 heterocycles. The molecule has 0 aliphatic carbocycles. The molecule has 3 aromatic rings. The number of anilines is 3. The number of sulfone groups is 1. The van der Waals surface area contributed by atoms with Gasteiger partial charge in [0.1, 0.15) is 16.3 Å². The van der Waals surface area contributed by atoms with Crippen LogP contribution in [-0.2, 0) is 14.6 Å². The summed E-state index contributed by atoms with van der Waals surface area (Å²) < 4.78 is 31.1. The van der Waals surface area contributed by atoms with Gasteiger partial charge in [-0.25, -0.2) is 18.2 Å². The topological polar surface area (TPSA) is 114 Å². The number of ether oxygens (including phenoxy) is 1. The molecular formula is C25H30BrN5O4S. The van der Waals surface area contributed by atoms with Crippen LogP contribution in [0.1, 0.15) is 33.6 Å². The van der Waals surface area contributed by atoms with Crippen LogP contribution in [0.2, 0.25) is 0 Å². The molecule has 2 N–H and O–H groups in total. The predicted octanol–water partition coefficient (Wildman–Crippen LogP) is 5.03. The van der Waals surface area contributed by atoms with E-state index in [0.29, 0.717) is 28.8 Å². The Morgan fingerprint density at radius 3 is 2.61 bits per heavy atom. The fourth-order valence-electron chi connectivity index (χ4n) is 4.13. The van der Waals surface area contributed by atoms with Crippen LogP contribution in [0, 0.1) is 0 Å². The van der Waals surface area contributed by atoms with E-state index in [4.69, 9.17) is 4.74 Å². The van der Waals surface area contributed by atoms with Gasteiger partial charge in [-0.15, -0.1) is 0 Å². The fraction of sp³-hybridized carbons (Fsp3) is 0.400. The van der Waals surface area contributed by atoms with Crippen molar-refractivity contribution < 1.29 is 17.9 Å². The zero-order valence-electron chi connectivity index (χ0n) is 20.7. The maximum atomic E-state index is 12.5. The van der Waals surface area contributed by atoms with Crippen molar-refractivity contribution in [2.45, 2.75) is 50.2 Å². The number of aromatic nitrogens is 2. The van der Waals surface area contributed by atoms with Crippen LogP contribution < -0.4 is 15.5 Å². The molecule has 1 aliphatic rings. The maximum absolute atomic E-state index is 12.5. The molecule has 1 aliphatic heterocycles. The third-order valence-electron chi connectivity index (χ3n) is 5.68. The Kier molecular flexibility index (Phi) is 7.42. The average Bonchev–Trinajstić information content (AvgIpc) is 2.78. The van der Waals surface area contributed by atoms with Crippen LogP contribution in [0.15, 0.2) is 52.1 Å². The van der Waals surface area contributed by atoms with Crippen LogP contribution in [-0.4, -0.2) is 55.5 Å². The summed E-state index contributed by atoms with van der Waals surface area (Å²) >= 11 is 3.46. The lowest BCUT2D eigenvalue weighted by Gasteiger charge is -2.34. The molecule has 36 heavy (non-hydrogen) atoms. The van der Waals surface area contributed by atoms with E-state index in [0.717, 1.165) is 29.7 Å². The first kappa shape index (κ1) is 26.2. The molecule has 1 atom stereocenters. The van der Waals surface area contributed by atoms with Gasteiger partial charge in [-0.05, 0) is 63.9 Å². The molecule has 0 saturated carbocycles. The van der Waals surface area contributed by atoms with Gasteiger partial charge >= 0.3 is 6.09 Å². The summed E-state index contributed by atoms with van der Waals surface area (Å²) in [7, 11) is -3.52. The van der Waals surface area contributed by atoms with Crippen LogP contribution in [0.4, 0.5) is 22.0 Å². The zero-order chi connectivity index (χ0) is 26.1. The van der Waals surface area contributed by atoms with E-state index in [1.165, 1.54) is 12.5 Å². The molecule has 1 fully saturated rings. The van der Waals surface area contributed by atoms with Crippen molar-refractivity contribution in [1.82, 2.24) is 15.3 Å². The summed E-state index contributed by atoms with van der Waals surface area (Å²) in [5, 5.41) is 6.88. The van der Waals surface area contributed by atoms with E-state index in [9.17, 15) is 13.2 Å². The highest BCUT2D eigenvalue weighted by atomic mass is 79.9. The summed E-state index contributed by atoms with van der Waals surface area (Å²) in [4.78, 5) is 23.3. The third-order valence-corrected chi connectivity index (χ3v) is 7.28. The third kappa shape index (κ3) is 6.44. The van der Waals surface area contributed by atoms with E-state index in [2.05, 4.69) is 41.4 Å². The highest BCUT2D eigenvalue weighted by Crippen LogP contribution is 2.33. The van der Waals surface area contributed by atoms with E-state index >= 15 is 0 Å². The lowest BCUT2D eigenvalue weighted by Crippen LogP contribution is -2.49. The number of alkyl carbamates (subject to hydrolysis) is 1. The first-order valence-corrected chi connectivity index (χ1v) is 14.3. The monoisotopic (exact) mass is 575 g/mol. The Hall–Kier alpha value is -2.92. The van der Waals surface area contributed by atoms with Crippen molar-refractivity contribution in [1.29, 1.82) is 0 Å². The van der Waals surface area contributed by atoms with Crippen molar-refractivity contribution in [3.63, 3.8) is 0 Å². The second kappa shape index (κ2) is 10.2. The minimum Gasteiger partial charge on any atom is -0.444 e. The predicted molar refractivity (Wildman–Crippen MR) is 145 cm³/mol. The zero-order valence-corrected chi connectivity index (χ0v) is 23.1. The van der Waals surface area contributed by atoms with Crippen molar-refractivity contribution in [3.8, 4) is 0 Å². The Morgan fingerprint density at radius 1 is 1.17 bits per heavy atom. The molecule has 192 valence electrons. The first-order chi connectivity index (χ1) is 16.9. The number of hydrogen-bond acceptors (Lipinski definition) is 8. The second-order valence-corrected chi connectivity index (χ2v) is 12.8. The molecule has 11 heteroatoms. The Bertz CT molecular complexity index is 1370. The van der Waals surface area contributed by atoms with Crippen LogP contribution >= 0.6 is 15.9 Å². The molecule has 4 rings (SSSR count). The normalized spacial score (nSPS) is 16.6. The minimum absolute atomic E-state index is 0.0350. The van der Waals surface area contributed by atoms with E-state index in [-0.39, 0.29) is 10.9 Å². The number of rotatable bonds is 5. The van der Waals surface area contributed by atoms with Gasteiger partial charge in [0.2, 0.25) is 0 Å². The molecule has 0 radical (unpaired) electrons. The first-order valence-electron chi connectivity index (χ1n) is 11.6. The molecule has 0 bridgehead atoms. The summed E-state index contributed by atoms with van der Waals surface area (Å²) in [6.07, 6.45) is 5.59. The van der Waals surface area contributed by atoms with Crippen molar-refractivity contribution in [2.75, 3.05) is 29.6 Å². The molecule has 1 aromatic carbocycles. The molecular weight excluding hydrogens is 546 g/mol. The van der Waals surface area contributed by atoms with Crippen molar-refractivity contribution in [3.05, 3.63) is 47.2 Å². The van der Waals surface area contributed by atoms with Gasteiger partial charge in [-0.1, -0.05) is 15.9 Å². The standard InChI is InChI=1S/C25H30BrN5O4S/c1-25(2,3)35-24(32)30-18-6-5-11-31(15-18)22-10-8-17(13-28-22)29-23-19-12-16(26)7-9-20(19)27-14-21(23)36(4,33)34/h7-10,12-14,18H,5-6,11,15H2,1-4H3,(H,27,29)(H,30,32). The second-order valence-electron chi connectivity index (χ2n) is 9.89.